The minimum atomic E-state index is 0.763. The zero-order valence-corrected chi connectivity index (χ0v) is 41.5. The summed E-state index contributed by atoms with van der Waals surface area (Å²) in [4.78, 5) is 4.73. The van der Waals surface area contributed by atoms with E-state index >= 15 is 0 Å². The van der Waals surface area contributed by atoms with Crippen molar-refractivity contribution in [1.29, 1.82) is 0 Å². The molecule has 0 unspecified atom stereocenters. The van der Waals surface area contributed by atoms with Gasteiger partial charge in [0.25, 0.3) is 0 Å². The lowest BCUT2D eigenvalue weighted by atomic mass is 10.0. The molecule has 6 nitrogen and oxygen atoms in total. The third kappa shape index (κ3) is 5.63. The molecule has 0 saturated carbocycles. The minimum Gasteiger partial charge on any atom is -0.454 e. The summed E-state index contributed by atoms with van der Waals surface area (Å²) in [5, 5.41) is 13.1. The molecule has 6 heterocycles. The maximum atomic E-state index is 6.69. The van der Waals surface area contributed by atoms with E-state index in [0.29, 0.717) is 0 Å². The topological polar surface area (TPSA) is 41.6 Å². The van der Waals surface area contributed by atoms with Gasteiger partial charge in [-0.3, -0.25) is 0 Å². The Morgan fingerprint density at radius 2 is 0.840 bits per heavy atom. The van der Waals surface area contributed by atoms with Crippen LogP contribution in [-0.4, -0.2) is 8.80 Å². The molecule has 6 aromatic heterocycles. The fourth-order valence-electron chi connectivity index (χ4n) is 12.9. The summed E-state index contributed by atoms with van der Waals surface area (Å²) in [5.41, 5.74) is 19.5. The summed E-state index contributed by atoms with van der Waals surface area (Å²) >= 11 is 0. The van der Waals surface area contributed by atoms with Gasteiger partial charge in [0.15, 0.2) is 11.2 Å². The number of aromatic nitrogens is 2. The van der Waals surface area contributed by atoms with Gasteiger partial charge >= 0.3 is 0 Å². The number of para-hydroxylation sites is 7. The van der Waals surface area contributed by atoms with E-state index in [2.05, 4.69) is 239 Å². The van der Waals surface area contributed by atoms with Crippen LogP contribution >= 0.6 is 0 Å². The average Bonchev–Trinajstić information content (AvgIpc) is 4.32. The van der Waals surface area contributed by atoms with E-state index in [1.54, 1.807) is 0 Å². The first-order valence-electron chi connectivity index (χ1n) is 25.7. The van der Waals surface area contributed by atoms with Gasteiger partial charge < -0.3 is 27.4 Å². The predicted octanol–water partition coefficient (Wildman–Crippen LogP) is 19.9. The van der Waals surface area contributed by atoms with Gasteiger partial charge in [0.2, 0.25) is 0 Å². The number of benzene rings is 10. The highest BCUT2D eigenvalue weighted by atomic mass is 16.3. The van der Waals surface area contributed by atoms with Crippen molar-refractivity contribution < 1.29 is 8.83 Å². The number of fused-ring (bicyclic) bond motifs is 16. The van der Waals surface area contributed by atoms with E-state index in [1.807, 2.05) is 19.1 Å². The smallest absolute Gasteiger partial charge is 0.159 e. The Kier molecular flexibility index (Phi) is 8.57. The van der Waals surface area contributed by atoms with Crippen molar-refractivity contribution in [3.8, 4) is 0 Å². The Labute approximate surface area is 430 Å². The van der Waals surface area contributed by atoms with Crippen molar-refractivity contribution in [1.82, 2.24) is 8.80 Å². The lowest BCUT2D eigenvalue weighted by Crippen LogP contribution is -2.11. The fourth-order valence-corrected chi connectivity index (χ4v) is 12.9. The first kappa shape index (κ1) is 41.8. The van der Waals surface area contributed by atoms with Crippen molar-refractivity contribution in [2.24, 2.45) is 0 Å². The van der Waals surface area contributed by atoms with Crippen LogP contribution in [0.4, 0.5) is 34.1 Å². The van der Waals surface area contributed by atoms with E-state index < -0.39 is 0 Å². The third-order valence-corrected chi connectivity index (χ3v) is 16.1. The zero-order chi connectivity index (χ0) is 49.8. The van der Waals surface area contributed by atoms with Crippen LogP contribution in [0.15, 0.2) is 216 Å². The summed E-state index contributed by atoms with van der Waals surface area (Å²) in [6, 6.07) is 71.0. The van der Waals surface area contributed by atoms with Crippen molar-refractivity contribution in [3.63, 3.8) is 0 Å². The van der Waals surface area contributed by atoms with Gasteiger partial charge in [0.05, 0.1) is 44.5 Å². The molecule has 0 spiro atoms. The molecule has 10 aromatic carbocycles. The molecule has 0 bridgehead atoms. The standard InChI is InChI=1S/C69H46N4O2/c1-5-17-44-50-25-15-29-60(68(50)74-64(44)6-2)70(56-27-10-7-18-40(56)3)42-32-34-58-52(36-42)46-21-13-23-48-54-39-63-55(38-62(54)72(58)66(46)48)49-24-14-22-47-53-37-43(33-35-59(53)73(63)67(47)49)71(57-28-11-8-19-41(57)4)61-30-16-26-51-45-20-9-12-31-65(45)75-69(51)61/h5-39H,2H2,1,3-4H3/b17-5-. The first-order chi connectivity index (χ1) is 37.0. The number of furan rings is 2. The quantitative estimate of drug-likeness (QED) is 0.152. The number of nitrogens with zero attached hydrogens (tertiary/aromatic N) is 4. The van der Waals surface area contributed by atoms with Crippen LogP contribution in [0.2, 0.25) is 0 Å². The van der Waals surface area contributed by atoms with Crippen LogP contribution < -0.4 is 9.80 Å². The third-order valence-electron chi connectivity index (χ3n) is 16.1. The Morgan fingerprint density at radius 3 is 1.37 bits per heavy atom. The van der Waals surface area contributed by atoms with Crippen LogP contribution in [0.5, 0.6) is 0 Å². The lowest BCUT2D eigenvalue weighted by Gasteiger charge is -2.27. The highest BCUT2D eigenvalue weighted by molar-refractivity contribution is 6.29. The van der Waals surface area contributed by atoms with Gasteiger partial charge in [-0.1, -0.05) is 134 Å². The summed E-state index contributed by atoms with van der Waals surface area (Å²) in [6.45, 7) is 10.5. The van der Waals surface area contributed by atoms with Crippen molar-refractivity contribution in [3.05, 3.63) is 229 Å². The van der Waals surface area contributed by atoms with Gasteiger partial charge in [-0.05, 0) is 117 Å². The lowest BCUT2D eigenvalue weighted by molar-refractivity contribution is 0.604. The van der Waals surface area contributed by atoms with Crippen LogP contribution in [-0.2, 0) is 0 Å². The molecule has 0 saturated heterocycles. The molecule has 0 aliphatic carbocycles. The van der Waals surface area contributed by atoms with E-state index in [-0.39, 0.29) is 0 Å². The Morgan fingerprint density at radius 1 is 0.400 bits per heavy atom. The molecule has 0 amide bonds. The molecule has 16 aromatic rings. The molecule has 354 valence electrons. The molecule has 0 aliphatic rings. The Balaban J connectivity index is 0.894. The normalized spacial score (nSPS) is 12.5. The van der Waals surface area contributed by atoms with Crippen LogP contribution in [0, 0.1) is 13.8 Å². The maximum Gasteiger partial charge on any atom is 0.159 e. The van der Waals surface area contributed by atoms with E-state index in [9.17, 15) is 0 Å². The summed E-state index contributed by atoms with van der Waals surface area (Å²) in [7, 11) is 0. The number of hydrogen-bond acceptors (Lipinski definition) is 4. The highest BCUT2D eigenvalue weighted by Gasteiger charge is 2.27. The molecule has 0 aliphatic heterocycles. The van der Waals surface area contributed by atoms with Gasteiger partial charge in [-0.25, -0.2) is 0 Å². The molecular formula is C69H46N4O2. The van der Waals surface area contributed by atoms with E-state index in [1.165, 1.54) is 87.3 Å². The SMILES string of the molecule is C=Cc1oc2c(N(c3ccc4c(c3)c3cccc5c6cc7c(cc6n4c35)c3cccc4c5cc(N(c6ccccc6C)c6cccc8c6oc6ccccc68)ccc5n7c43)c3ccccc3C)cccc2c1/C=C\C. The zero-order valence-electron chi connectivity index (χ0n) is 41.5. The monoisotopic (exact) mass is 962 g/mol. The Bertz CT molecular complexity index is 5100. The van der Waals surface area contributed by atoms with Crippen molar-refractivity contribution in [2.75, 3.05) is 9.80 Å². The van der Waals surface area contributed by atoms with Gasteiger partial charge in [-0.2, -0.15) is 0 Å². The first-order valence-corrected chi connectivity index (χ1v) is 25.7. The summed E-state index contributed by atoms with van der Waals surface area (Å²) in [6.07, 6.45) is 5.97. The maximum absolute atomic E-state index is 6.69. The van der Waals surface area contributed by atoms with Crippen LogP contribution in [0.1, 0.15) is 29.4 Å². The van der Waals surface area contributed by atoms with Crippen molar-refractivity contribution in [2.45, 2.75) is 20.8 Å². The second kappa shape index (κ2) is 15.4. The molecular weight excluding hydrogens is 917 g/mol. The molecule has 0 N–H and O–H groups in total. The average molecular weight is 963 g/mol. The number of allylic oxidation sites excluding steroid dienone is 1. The van der Waals surface area contributed by atoms with E-state index in [4.69, 9.17) is 8.83 Å². The number of hydrogen-bond donors (Lipinski definition) is 0. The molecule has 6 heteroatoms. The Hall–Kier alpha value is -9.78. The number of anilines is 6. The fraction of sp³-hybridized carbons (Fsp3) is 0.0435. The van der Waals surface area contributed by atoms with Crippen molar-refractivity contribution >= 4 is 155 Å². The number of rotatable bonds is 8. The van der Waals surface area contributed by atoms with Gasteiger partial charge in [0.1, 0.15) is 11.3 Å². The molecule has 16 rings (SSSR count). The van der Waals surface area contributed by atoms with Gasteiger partial charge in [0, 0.05) is 87.6 Å². The van der Waals surface area contributed by atoms with Gasteiger partial charge in [-0.15, -0.1) is 0 Å². The molecule has 0 atom stereocenters. The van der Waals surface area contributed by atoms with Crippen LogP contribution in [0.25, 0.3) is 121 Å². The predicted molar refractivity (Wildman–Crippen MR) is 316 cm³/mol. The molecule has 0 radical (unpaired) electrons. The largest absolute Gasteiger partial charge is 0.454 e. The second-order valence-corrected chi connectivity index (χ2v) is 20.1. The van der Waals surface area contributed by atoms with E-state index in [0.717, 1.165) is 78.4 Å². The molecule has 0 fully saturated rings. The van der Waals surface area contributed by atoms with Crippen LogP contribution in [0.3, 0.4) is 0 Å². The number of aryl methyl sites for hydroxylation is 2. The summed E-state index contributed by atoms with van der Waals surface area (Å²) < 4.78 is 18.4. The minimum absolute atomic E-state index is 0.763. The molecule has 75 heavy (non-hydrogen) atoms. The second-order valence-electron chi connectivity index (χ2n) is 20.1. The highest BCUT2D eigenvalue weighted by Crippen LogP contribution is 2.50. The summed E-state index contributed by atoms with van der Waals surface area (Å²) in [5.74, 6) is 0.763.